The van der Waals surface area contributed by atoms with Crippen molar-refractivity contribution in [2.45, 2.75) is 177 Å². The lowest BCUT2D eigenvalue weighted by Crippen LogP contribution is -2.30. The third kappa shape index (κ3) is 19.1. The second-order valence-electron chi connectivity index (χ2n) is 20.3. The summed E-state index contributed by atoms with van der Waals surface area (Å²) in [6.45, 7) is 38.7. The van der Waals surface area contributed by atoms with E-state index in [9.17, 15) is 0 Å². The minimum Gasteiger partial charge on any atom is -0.473 e. The number of aromatic nitrogens is 6. The van der Waals surface area contributed by atoms with Crippen LogP contribution in [0.4, 0.5) is 17.0 Å². The van der Waals surface area contributed by atoms with Gasteiger partial charge in [-0.05, 0) is 45.7 Å². The molecule has 5 aromatic rings. The van der Waals surface area contributed by atoms with Crippen LogP contribution in [0.5, 0.6) is 5.19 Å². The van der Waals surface area contributed by atoms with E-state index in [-0.39, 0.29) is 27.1 Å². The maximum atomic E-state index is 5.54. The fraction of sp³-hybridized carbons (Fsp3) is 0.644. The van der Waals surface area contributed by atoms with E-state index in [2.05, 4.69) is 160 Å². The van der Waals surface area contributed by atoms with E-state index < -0.39 is 0 Å². The normalized spacial score (nSPS) is 13.1. The molecule has 11 nitrogen and oxygen atoms in total. The Morgan fingerprint density at radius 3 is 1.71 bits per heavy atom. The molecule has 0 aromatic carbocycles. The predicted octanol–water partition coefficient (Wildman–Crippen LogP) is 11.8. The lowest BCUT2D eigenvalue weighted by atomic mass is 9.92. The first-order chi connectivity index (χ1) is 26.9. The van der Waals surface area contributed by atoms with Crippen LogP contribution in [-0.2, 0) is 34.1 Å². The number of nitrogen functional groups attached to an aromatic ring is 1. The SMILES string of the molecule is CC(C)(C)c1cccc(N)n1.CC(C)(C)c1coc(NC2CC2)n1.COc1nc(C(C)(C)C)cs1.C[n+]1csc(C(C)(C)C)n1.Cc1sc(NC(C)C)nc1C(C)(C)C. The fourth-order valence-corrected chi connectivity index (χ4v) is 7.56. The van der Waals surface area contributed by atoms with Crippen LogP contribution in [-0.4, -0.2) is 44.2 Å². The molecule has 1 aliphatic carbocycles. The molecule has 1 saturated carbocycles. The molecule has 1 fully saturated rings. The van der Waals surface area contributed by atoms with Gasteiger partial charge in [0, 0.05) is 60.2 Å². The lowest BCUT2D eigenvalue weighted by Gasteiger charge is -2.17. The number of thiazole rings is 2. The molecule has 6 rings (SSSR count). The molecule has 1 aliphatic rings. The van der Waals surface area contributed by atoms with Crippen molar-refractivity contribution in [3.63, 3.8) is 0 Å². The highest BCUT2D eigenvalue weighted by Crippen LogP contribution is 2.32. The largest absolute Gasteiger partial charge is 0.473 e. The minimum atomic E-state index is 0.0764. The van der Waals surface area contributed by atoms with Crippen molar-refractivity contribution in [2.24, 2.45) is 7.05 Å². The number of oxazole rings is 1. The number of rotatable bonds is 5. The van der Waals surface area contributed by atoms with Crippen LogP contribution in [0.2, 0.25) is 0 Å². The standard InChI is InChI=1S/C11H20N2S.C10H16N2O.C9H14N2.C8H13NOS.C7H13N2S/c1-7(2)12-10-13-9(8(3)14-10)11(4,5)6;1-10(2,3)8-6-13-9(12-8)11-7-4-5-7;1-9(2,3)7-5-4-6-8(10)11-7;1-8(2,3)6-5-11-7(9-6)10-4;1-7(2,3)6-8-9(4)5-10-6/h7H,1-6H3,(H,12,13);6-7H,4-5H2,1-3H3,(H,11,12);4-6H,1-3H3,(H2,10,11);5H,1-4H3;5H,1-4H3/q;;;;+1. The van der Waals surface area contributed by atoms with E-state index in [0.29, 0.717) is 23.9 Å². The number of methoxy groups -OCH3 is 1. The molecule has 14 heteroatoms. The smallest absolute Gasteiger partial charge is 0.294 e. The van der Waals surface area contributed by atoms with Crippen molar-refractivity contribution >= 4 is 51.0 Å². The van der Waals surface area contributed by atoms with Gasteiger partial charge in [-0.15, -0.1) is 11.3 Å². The van der Waals surface area contributed by atoms with Gasteiger partial charge in [-0.3, -0.25) is 0 Å². The van der Waals surface area contributed by atoms with Crippen LogP contribution in [0.25, 0.3) is 0 Å². The van der Waals surface area contributed by atoms with Gasteiger partial charge in [0.2, 0.25) is 0 Å². The number of anilines is 3. The molecule has 0 unspecified atom stereocenters. The van der Waals surface area contributed by atoms with Gasteiger partial charge in [-0.1, -0.05) is 137 Å². The molecule has 0 saturated heterocycles. The lowest BCUT2D eigenvalue weighted by molar-refractivity contribution is -0.726. The van der Waals surface area contributed by atoms with Crippen LogP contribution >= 0.6 is 34.0 Å². The van der Waals surface area contributed by atoms with Gasteiger partial charge in [0.25, 0.3) is 16.7 Å². The monoisotopic (exact) mass is 871 g/mol. The Morgan fingerprint density at radius 1 is 0.780 bits per heavy atom. The minimum absolute atomic E-state index is 0.0764. The maximum Gasteiger partial charge on any atom is 0.294 e. The molecule has 0 radical (unpaired) electrons. The summed E-state index contributed by atoms with van der Waals surface area (Å²) in [6.07, 6.45) is 4.23. The summed E-state index contributed by atoms with van der Waals surface area (Å²) in [7, 11) is 3.59. The number of pyridine rings is 1. The van der Waals surface area contributed by atoms with Gasteiger partial charge in [-0.2, -0.15) is 4.98 Å². The van der Waals surface area contributed by atoms with Crippen molar-refractivity contribution in [1.29, 1.82) is 0 Å². The van der Waals surface area contributed by atoms with Crippen molar-refractivity contribution in [3.05, 3.63) is 68.0 Å². The number of nitrogens with two attached hydrogens (primary N) is 1. The van der Waals surface area contributed by atoms with Crippen molar-refractivity contribution in [2.75, 3.05) is 23.5 Å². The molecular weight excluding hydrogens is 795 g/mol. The average Bonchev–Trinajstić information content (AvgIpc) is 3.51. The number of hydrogen-bond donors (Lipinski definition) is 3. The molecular formula is C45H76N9O2S3+. The van der Waals surface area contributed by atoms with Gasteiger partial charge >= 0.3 is 0 Å². The van der Waals surface area contributed by atoms with Crippen LogP contribution in [0, 0.1) is 6.92 Å². The van der Waals surface area contributed by atoms with E-state index in [1.165, 1.54) is 28.4 Å². The van der Waals surface area contributed by atoms with Crippen LogP contribution < -0.4 is 25.8 Å². The summed E-state index contributed by atoms with van der Waals surface area (Å²) in [5.74, 6) is 0.595. The Kier molecular flexibility index (Phi) is 18.6. The summed E-state index contributed by atoms with van der Waals surface area (Å²) in [5.41, 5.74) is 12.6. The van der Waals surface area contributed by atoms with Gasteiger partial charge in [0.05, 0.1) is 24.2 Å². The van der Waals surface area contributed by atoms with E-state index >= 15 is 0 Å². The number of ether oxygens (including phenoxy) is 1. The van der Waals surface area contributed by atoms with Crippen molar-refractivity contribution in [1.82, 2.24) is 25.0 Å². The second-order valence-corrected chi connectivity index (χ2v) is 23.1. The fourth-order valence-electron chi connectivity index (χ4n) is 4.70. The van der Waals surface area contributed by atoms with Gasteiger partial charge in [0.15, 0.2) is 17.2 Å². The first-order valence-electron chi connectivity index (χ1n) is 20.4. The highest BCUT2D eigenvalue weighted by molar-refractivity contribution is 7.15. The summed E-state index contributed by atoms with van der Waals surface area (Å²) in [4.78, 5) is 18.9. The number of nitrogens with one attached hydrogen (secondary N) is 2. The third-order valence-corrected chi connectivity index (χ3v) is 11.3. The molecule has 5 aromatic heterocycles. The Morgan fingerprint density at radius 2 is 1.37 bits per heavy atom. The van der Waals surface area contributed by atoms with Gasteiger partial charge in [0.1, 0.15) is 12.1 Å². The highest BCUT2D eigenvalue weighted by atomic mass is 32.1. The number of aryl methyl sites for hydroxylation is 2. The molecule has 0 atom stereocenters. The van der Waals surface area contributed by atoms with Crippen LogP contribution in [0.1, 0.15) is 163 Å². The van der Waals surface area contributed by atoms with E-state index in [0.717, 1.165) is 27.4 Å². The third-order valence-electron chi connectivity index (χ3n) is 8.27. The van der Waals surface area contributed by atoms with Crippen LogP contribution in [0.15, 0.2) is 39.8 Å². The highest BCUT2D eigenvalue weighted by Gasteiger charge is 2.25. The predicted molar refractivity (Wildman–Crippen MR) is 253 cm³/mol. The number of nitrogens with zero attached hydrogens (tertiary/aromatic N) is 6. The maximum absolute atomic E-state index is 5.54. The second kappa shape index (κ2) is 21.3. The van der Waals surface area contributed by atoms with E-state index in [4.69, 9.17) is 14.9 Å². The quantitative estimate of drug-likeness (QED) is 0.146. The van der Waals surface area contributed by atoms with Gasteiger partial charge in [-0.25, -0.2) is 15.0 Å². The first-order valence-corrected chi connectivity index (χ1v) is 23.0. The zero-order valence-electron chi connectivity index (χ0n) is 39.8. The molecule has 5 heterocycles. The average molecular weight is 871 g/mol. The first kappa shape index (κ1) is 51.5. The molecule has 4 N–H and O–H groups in total. The van der Waals surface area contributed by atoms with E-state index in [1.807, 2.05) is 34.8 Å². The van der Waals surface area contributed by atoms with Crippen molar-refractivity contribution in [3.8, 4) is 5.19 Å². The van der Waals surface area contributed by atoms with Crippen molar-refractivity contribution < 1.29 is 13.8 Å². The van der Waals surface area contributed by atoms with E-state index in [1.54, 1.807) is 53.4 Å². The summed E-state index contributed by atoms with van der Waals surface area (Å²) in [5, 5.41) is 15.9. The Bertz CT molecular complexity index is 1970. The number of hydrogen-bond acceptors (Lipinski definition) is 13. The molecule has 0 spiro atoms. The summed E-state index contributed by atoms with van der Waals surface area (Å²) < 4.78 is 12.2. The van der Waals surface area contributed by atoms with Gasteiger partial charge < -0.3 is 25.5 Å². The Labute approximate surface area is 368 Å². The van der Waals surface area contributed by atoms with Crippen LogP contribution in [0.3, 0.4) is 0 Å². The topological polar surface area (TPSA) is 141 Å². The zero-order valence-corrected chi connectivity index (χ0v) is 42.3. The molecule has 59 heavy (non-hydrogen) atoms. The summed E-state index contributed by atoms with van der Waals surface area (Å²) in [6, 6.07) is 7.46. The molecule has 0 aliphatic heterocycles. The molecule has 330 valence electrons. The summed E-state index contributed by atoms with van der Waals surface area (Å²) >= 11 is 5.00. The molecule has 0 bridgehead atoms. The Balaban J connectivity index is 0.000000256. The Hall–Kier alpha value is -3.62. The zero-order chi connectivity index (χ0) is 45.1. The molecule has 0 amide bonds.